The highest BCUT2D eigenvalue weighted by Gasteiger charge is 2.43. The van der Waals surface area contributed by atoms with Gasteiger partial charge in [-0.05, 0) is 61.9 Å². The molecule has 1 fully saturated rings. The third-order valence-corrected chi connectivity index (χ3v) is 7.38. The van der Waals surface area contributed by atoms with Gasteiger partial charge in [-0.25, -0.2) is 0 Å². The lowest BCUT2D eigenvalue weighted by molar-refractivity contribution is -0.136. The van der Waals surface area contributed by atoms with E-state index in [1.165, 1.54) is 53.5 Å². The summed E-state index contributed by atoms with van der Waals surface area (Å²) in [6.07, 6.45) is 5.04. The first kappa shape index (κ1) is 19.2. The third kappa shape index (κ3) is 2.62. The molecule has 4 nitrogen and oxygen atoms in total. The van der Waals surface area contributed by atoms with Crippen LogP contribution in [0.15, 0.2) is 30.3 Å². The molecule has 0 amide bonds. The van der Waals surface area contributed by atoms with Crippen LogP contribution in [0.3, 0.4) is 0 Å². The molecule has 1 aliphatic heterocycles. The van der Waals surface area contributed by atoms with Gasteiger partial charge in [-0.15, -0.1) is 0 Å². The number of aromatic nitrogens is 1. The number of aliphatic carboxylic acids is 1. The Kier molecular flexibility index (Phi) is 4.25. The molecule has 1 aromatic heterocycles. The molecule has 30 heavy (non-hydrogen) atoms. The number of aryl methyl sites for hydroxylation is 2. The molecule has 0 bridgehead atoms. The lowest BCUT2D eigenvalue weighted by atomic mass is 9.86. The van der Waals surface area contributed by atoms with E-state index < -0.39 is 5.97 Å². The van der Waals surface area contributed by atoms with Crippen LogP contribution in [0.1, 0.15) is 48.1 Å². The molecule has 0 radical (unpaired) electrons. The molecule has 2 aromatic carbocycles. The van der Waals surface area contributed by atoms with Crippen LogP contribution in [0, 0.1) is 20.8 Å². The number of fused-ring (bicyclic) bond motifs is 1. The van der Waals surface area contributed by atoms with Crippen LogP contribution in [0.4, 0.5) is 5.69 Å². The smallest absolute Gasteiger partial charge is 0.307 e. The van der Waals surface area contributed by atoms with Crippen molar-refractivity contribution in [2.75, 3.05) is 18.5 Å². The maximum atomic E-state index is 11.8. The topological polar surface area (TPSA) is 45.5 Å². The van der Waals surface area contributed by atoms with Gasteiger partial charge in [-0.1, -0.05) is 42.7 Å². The number of hydrogen-bond donors (Lipinski definition) is 1. The molecule has 0 unspecified atom stereocenters. The predicted octanol–water partition coefficient (Wildman–Crippen LogP) is 5.58. The second-order valence-corrected chi connectivity index (χ2v) is 9.43. The van der Waals surface area contributed by atoms with Gasteiger partial charge in [0.15, 0.2) is 0 Å². The highest BCUT2D eigenvalue weighted by molar-refractivity contribution is 6.07. The second kappa shape index (κ2) is 6.63. The fraction of sp³-hybridized carbons (Fsp3) is 0.423. The van der Waals surface area contributed by atoms with Crippen molar-refractivity contribution in [3.05, 3.63) is 52.7 Å². The predicted molar refractivity (Wildman–Crippen MR) is 123 cm³/mol. The molecule has 3 aromatic rings. The van der Waals surface area contributed by atoms with Crippen molar-refractivity contribution in [1.82, 2.24) is 4.57 Å². The molecule has 1 saturated carbocycles. The van der Waals surface area contributed by atoms with Gasteiger partial charge in [0, 0.05) is 24.7 Å². The van der Waals surface area contributed by atoms with Crippen LogP contribution < -0.4 is 4.90 Å². The standard InChI is InChI=1S/C26H30N2O2/c1-16-7-9-19(10-8-16)23-20(14-22(29)30)18(3)24-25-21(23)13-17(2)28(25)26(15-27(24)4)11-5-6-12-26/h7-10,13H,5-6,11-12,14-15H2,1-4H3,(H,29,30). The van der Waals surface area contributed by atoms with Crippen LogP contribution in [-0.2, 0) is 16.8 Å². The molecule has 4 heteroatoms. The van der Waals surface area contributed by atoms with Gasteiger partial charge in [0.05, 0.1) is 23.2 Å². The van der Waals surface area contributed by atoms with Crippen LogP contribution in [0.25, 0.3) is 22.0 Å². The van der Waals surface area contributed by atoms with Gasteiger partial charge in [0.1, 0.15) is 0 Å². The lowest BCUT2D eigenvalue weighted by Crippen LogP contribution is -2.46. The van der Waals surface area contributed by atoms with E-state index in [1.807, 2.05) is 0 Å². The van der Waals surface area contributed by atoms with Gasteiger partial charge < -0.3 is 14.6 Å². The highest BCUT2D eigenvalue weighted by Crippen LogP contribution is 2.51. The van der Waals surface area contributed by atoms with Crippen LogP contribution in [0.5, 0.6) is 0 Å². The van der Waals surface area contributed by atoms with E-state index in [4.69, 9.17) is 0 Å². The van der Waals surface area contributed by atoms with Crippen LogP contribution >= 0.6 is 0 Å². The molecule has 1 spiro atoms. The highest BCUT2D eigenvalue weighted by atomic mass is 16.4. The first-order chi connectivity index (χ1) is 14.3. The molecule has 0 saturated heterocycles. The van der Waals surface area contributed by atoms with Crippen molar-refractivity contribution in [3.8, 4) is 11.1 Å². The van der Waals surface area contributed by atoms with Crippen molar-refractivity contribution >= 4 is 22.6 Å². The van der Waals surface area contributed by atoms with Gasteiger partial charge >= 0.3 is 5.97 Å². The first-order valence-electron chi connectivity index (χ1n) is 11.0. The number of carboxylic acid groups (broad SMARTS) is 1. The molecule has 1 aliphatic carbocycles. The lowest BCUT2D eigenvalue weighted by Gasteiger charge is -2.44. The van der Waals surface area contributed by atoms with Crippen molar-refractivity contribution in [3.63, 3.8) is 0 Å². The summed E-state index contributed by atoms with van der Waals surface area (Å²) in [5.74, 6) is -0.778. The number of nitrogens with zero attached hydrogens (tertiary/aromatic N) is 2. The van der Waals surface area contributed by atoms with E-state index in [0.29, 0.717) is 0 Å². The summed E-state index contributed by atoms with van der Waals surface area (Å²) in [5.41, 5.74) is 9.43. The Hall–Kier alpha value is -2.75. The van der Waals surface area contributed by atoms with E-state index in [0.717, 1.165) is 28.8 Å². The summed E-state index contributed by atoms with van der Waals surface area (Å²) in [6, 6.07) is 10.8. The van der Waals surface area contributed by atoms with Gasteiger partial charge in [0.2, 0.25) is 0 Å². The largest absolute Gasteiger partial charge is 0.481 e. The second-order valence-electron chi connectivity index (χ2n) is 9.43. The zero-order valence-corrected chi connectivity index (χ0v) is 18.4. The van der Waals surface area contributed by atoms with E-state index in [-0.39, 0.29) is 12.0 Å². The summed E-state index contributed by atoms with van der Waals surface area (Å²) in [7, 11) is 2.18. The summed E-state index contributed by atoms with van der Waals surface area (Å²) in [5, 5.41) is 10.9. The number of hydrogen-bond acceptors (Lipinski definition) is 2. The summed E-state index contributed by atoms with van der Waals surface area (Å²) >= 11 is 0. The van der Waals surface area contributed by atoms with Crippen molar-refractivity contribution in [2.45, 2.75) is 58.4 Å². The molecular weight excluding hydrogens is 372 g/mol. The zero-order valence-electron chi connectivity index (χ0n) is 18.4. The number of carbonyl (C=O) groups is 1. The van der Waals surface area contributed by atoms with Crippen molar-refractivity contribution in [2.24, 2.45) is 0 Å². The molecule has 156 valence electrons. The van der Waals surface area contributed by atoms with E-state index >= 15 is 0 Å². The van der Waals surface area contributed by atoms with E-state index in [1.54, 1.807) is 0 Å². The quantitative estimate of drug-likeness (QED) is 0.622. The van der Waals surface area contributed by atoms with Gasteiger partial charge in [-0.3, -0.25) is 4.79 Å². The SMILES string of the molecule is Cc1ccc(-c2c(CC(=O)O)c(C)c3c4c2cc(C)n4C2(CCCC2)CN3C)cc1. The molecule has 5 rings (SSSR count). The number of carboxylic acids is 1. The monoisotopic (exact) mass is 402 g/mol. The van der Waals surface area contributed by atoms with Crippen LogP contribution in [-0.4, -0.2) is 29.2 Å². The summed E-state index contributed by atoms with van der Waals surface area (Å²) < 4.78 is 2.61. The maximum Gasteiger partial charge on any atom is 0.307 e. The van der Waals surface area contributed by atoms with Crippen molar-refractivity contribution < 1.29 is 9.90 Å². The average Bonchev–Trinajstić information content (AvgIpc) is 3.27. The Bertz CT molecular complexity index is 1160. The molecule has 0 atom stereocenters. The Morgan fingerprint density at radius 1 is 1.10 bits per heavy atom. The fourth-order valence-electron chi connectivity index (χ4n) is 6.24. The number of rotatable bonds is 3. The Labute approximate surface area is 178 Å². The average molecular weight is 403 g/mol. The first-order valence-corrected chi connectivity index (χ1v) is 11.0. The third-order valence-electron chi connectivity index (χ3n) is 7.38. The summed E-state index contributed by atoms with van der Waals surface area (Å²) in [4.78, 5) is 14.2. The fourth-order valence-corrected chi connectivity index (χ4v) is 6.24. The summed E-state index contributed by atoms with van der Waals surface area (Å²) in [6.45, 7) is 7.42. The van der Waals surface area contributed by atoms with Crippen LogP contribution in [0.2, 0.25) is 0 Å². The Morgan fingerprint density at radius 3 is 2.40 bits per heavy atom. The zero-order chi connectivity index (χ0) is 21.2. The molecule has 1 N–H and O–H groups in total. The Balaban J connectivity index is 1.92. The maximum absolute atomic E-state index is 11.8. The molecule has 2 heterocycles. The molecular formula is C26H30N2O2. The Morgan fingerprint density at radius 2 is 1.77 bits per heavy atom. The number of benzene rings is 2. The minimum absolute atomic E-state index is 0.0429. The number of likely N-dealkylation sites (N-methyl/N-ethyl adjacent to an activating group) is 1. The number of anilines is 1. The minimum atomic E-state index is -0.778. The van der Waals surface area contributed by atoms with E-state index in [2.05, 4.69) is 67.6 Å². The molecule has 2 aliphatic rings. The van der Waals surface area contributed by atoms with Gasteiger partial charge in [0.25, 0.3) is 0 Å². The minimum Gasteiger partial charge on any atom is -0.481 e. The van der Waals surface area contributed by atoms with Gasteiger partial charge in [-0.2, -0.15) is 0 Å². The van der Waals surface area contributed by atoms with E-state index in [9.17, 15) is 9.90 Å². The van der Waals surface area contributed by atoms with Crippen molar-refractivity contribution in [1.29, 1.82) is 0 Å². The normalized spacial score (nSPS) is 17.3.